The molecule has 0 aliphatic heterocycles. The summed E-state index contributed by atoms with van der Waals surface area (Å²) in [6.45, 7) is 2.19. The van der Waals surface area contributed by atoms with Crippen molar-refractivity contribution in [3.8, 4) is 11.8 Å². The van der Waals surface area contributed by atoms with E-state index >= 15 is 0 Å². The van der Waals surface area contributed by atoms with Crippen molar-refractivity contribution in [2.45, 2.75) is 17.9 Å². The first-order chi connectivity index (χ1) is 10.2. The van der Waals surface area contributed by atoms with Gasteiger partial charge in [-0.15, -0.1) is 11.8 Å². The van der Waals surface area contributed by atoms with Crippen LogP contribution in [0.15, 0.2) is 53.4 Å². The van der Waals surface area contributed by atoms with Crippen molar-refractivity contribution in [3.63, 3.8) is 0 Å². The molecular weight excluding hydrogens is 280 g/mol. The molecule has 0 aliphatic rings. The fraction of sp³-hybridized carbons (Fsp3) is 0.235. The van der Waals surface area contributed by atoms with Gasteiger partial charge in [0.25, 0.3) is 0 Å². The van der Waals surface area contributed by atoms with Gasteiger partial charge < -0.3 is 10.1 Å². The van der Waals surface area contributed by atoms with E-state index in [1.54, 1.807) is 11.8 Å². The Kier molecular flexibility index (Phi) is 5.53. The zero-order valence-electron chi connectivity index (χ0n) is 12.2. The molecule has 3 nitrogen and oxygen atoms in total. The van der Waals surface area contributed by atoms with Crippen LogP contribution in [-0.4, -0.2) is 12.9 Å². The lowest BCUT2D eigenvalue weighted by molar-refractivity contribution is 0.368. The lowest BCUT2D eigenvalue weighted by Crippen LogP contribution is -2.06. The third-order valence-electron chi connectivity index (χ3n) is 3.14. The highest BCUT2D eigenvalue weighted by molar-refractivity contribution is 7.98. The van der Waals surface area contributed by atoms with Crippen LogP contribution in [0.5, 0.6) is 5.75 Å². The van der Waals surface area contributed by atoms with Crippen LogP contribution in [0.1, 0.15) is 18.5 Å². The Morgan fingerprint density at radius 1 is 1.24 bits per heavy atom. The van der Waals surface area contributed by atoms with Crippen molar-refractivity contribution in [1.82, 2.24) is 0 Å². The van der Waals surface area contributed by atoms with Crippen LogP contribution < -0.4 is 10.1 Å². The lowest BCUT2D eigenvalue weighted by Gasteiger charge is -2.16. The van der Waals surface area contributed by atoms with Gasteiger partial charge in [-0.3, -0.25) is 0 Å². The minimum absolute atomic E-state index is 0.0646. The van der Waals surface area contributed by atoms with E-state index in [0.717, 1.165) is 5.69 Å². The molecule has 0 aliphatic carbocycles. The first-order valence-corrected chi connectivity index (χ1v) is 7.95. The van der Waals surface area contributed by atoms with Gasteiger partial charge in [0.15, 0.2) is 6.61 Å². The molecule has 108 valence electrons. The summed E-state index contributed by atoms with van der Waals surface area (Å²) in [6, 6.07) is 18.4. The second-order valence-corrected chi connectivity index (χ2v) is 5.49. The standard InChI is InChI=1S/C17H18N2OS/c1-13(14-6-8-17(21-2)9-7-14)19-15-4-3-5-16(12-15)20-11-10-18/h3-9,12-13,19H,11H2,1-2H3. The van der Waals surface area contributed by atoms with Crippen LogP contribution in [0.4, 0.5) is 5.69 Å². The Balaban J connectivity index is 2.04. The van der Waals surface area contributed by atoms with Crippen LogP contribution in [0.25, 0.3) is 0 Å². The number of hydrogen-bond donors (Lipinski definition) is 1. The Hall–Kier alpha value is -2.12. The number of thioether (sulfide) groups is 1. The monoisotopic (exact) mass is 298 g/mol. The minimum Gasteiger partial charge on any atom is -0.479 e. The molecule has 2 rings (SSSR count). The van der Waals surface area contributed by atoms with E-state index in [0.29, 0.717) is 5.75 Å². The van der Waals surface area contributed by atoms with E-state index in [1.165, 1.54) is 10.5 Å². The summed E-state index contributed by atoms with van der Waals surface area (Å²) in [7, 11) is 0. The second-order valence-electron chi connectivity index (χ2n) is 4.61. The molecule has 1 atom stereocenters. The van der Waals surface area contributed by atoms with Crippen molar-refractivity contribution >= 4 is 17.4 Å². The molecule has 0 fully saturated rings. The summed E-state index contributed by atoms with van der Waals surface area (Å²) >= 11 is 1.74. The SMILES string of the molecule is CSc1ccc(C(C)Nc2cccc(OCC#N)c2)cc1. The van der Waals surface area contributed by atoms with Crippen LogP contribution in [0.2, 0.25) is 0 Å². The van der Waals surface area contributed by atoms with Gasteiger partial charge in [-0.05, 0) is 43.0 Å². The van der Waals surface area contributed by atoms with Crippen molar-refractivity contribution in [2.75, 3.05) is 18.2 Å². The quantitative estimate of drug-likeness (QED) is 0.798. The zero-order chi connectivity index (χ0) is 15.1. The average Bonchev–Trinajstić information content (AvgIpc) is 2.53. The first-order valence-electron chi connectivity index (χ1n) is 6.73. The number of ether oxygens (including phenoxy) is 1. The van der Waals surface area contributed by atoms with Crippen molar-refractivity contribution < 1.29 is 4.74 Å². The molecule has 0 amide bonds. The molecule has 0 saturated carbocycles. The predicted molar refractivity (Wildman–Crippen MR) is 87.8 cm³/mol. The van der Waals surface area contributed by atoms with Gasteiger partial charge in [0, 0.05) is 22.7 Å². The van der Waals surface area contributed by atoms with Gasteiger partial charge in [0.2, 0.25) is 0 Å². The maximum atomic E-state index is 8.54. The van der Waals surface area contributed by atoms with Crippen molar-refractivity contribution in [3.05, 3.63) is 54.1 Å². The third-order valence-corrected chi connectivity index (χ3v) is 3.88. The summed E-state index contributed by atoms with van der Waals surface area (Å²) in [6.07, 6.45) is 2.07. The molecule has 0 bridgehead atoms. The van der Waals surface area contributed by atoms with Gasteiger partial charge in [0.1, 0.15) is 11.8 Å². The number of hydrogen-bond acceptors (Lipinski definition) is 4. The summed E-state index contributed by atoms with van der Waals surface area (Å²) < 4.78 is 5.31. The van der Waals surface area contributed by atoms with E-state index in [4.69, 9.17) is 10.00 Å². The van der Waals surface area contributed by atoms with Gasteiger partial charge >= 0.3 is 0 Å². The lowest BCUT2D eigenvalue weighted by atomic mass is 10.1. The largest absolute Gasteiger partial charge is 0.479 e. The van der Waals surface area contributed by atoms with E-state index in [-0.39, 0.29) is 12.6 Å². The summed E-state index contributed by atoms with van der Waals surface area (Å²) in [4.78, 5) is 1.26. The molecule has 1 N–H and O–H groups in total. The molecule has 2 aromatic rings. The molecular formula is C17H18N2OS. The van der Waals surface area contributed by atoms with E-state index in [2.05, 4.69) is 42.8 Å². The van der Waals surface area contributed by atoms with E-state index in [1.807, 2.05) is 30.3 Å². The van der Waals surface area contributed by atoms with E-state index in [9.17, 15) is 0 Å². The van der Waals surface area contributed by atoms with Gasteiger partial charge in [-0.2, -0.15) is 5.26 Å². The van der Waals surface area contributed by atoms with Crippen molar-refractivity contribution in [1.29, 1.82) is 5.26 Å². The minimum atomic E-state index is 0.0646. The molecule has 4 heteroatoms. The molecule has 2 aromatic carbocycles. The predicted octanol–water partition coefficient (Wildman–Crippen LogP) is 4.48. The Morgan fingerprint density at radius 3 is 2.67 bits per heavy atom. The summed E-state index contributed by atoms with van der Waals surface area (Å²) in [5, 5.41) is 12.0. The van der Waals surface area contributed by atoms with Crippen LogP contribution >= 0.6 is 11.8 Å². The van der Waals surface area contributed by atoms with Gasteiger partial charge in [-0.25, -0.2) is 0 Å². The fourth-order valence-corrected chi connectivity index (χ4v) is 2.43. The molecule has 0 spiro atoms. The van der Waals surface area contributed by atoms with Crippen LogP contribution in [0.3, 0.4) is 0 Å². The first kappa shape index (κ1) is 15.3. The average molecular weight is 298 g/mol. The topological polar surface area (TPSA) is 45.0 Å². The van der Waals surface area contributed by atoms with Gasteiger partial charge in [-0.1, -0.05) is 18.2 Å². The maximum Gasteiger partial charge on any atom is 0.174 e. The third kappa shape index (κ3) is 4.44. The molecule has 0 aromatic heterocycles. The smallest absolute Gasteiger partial charge is 0.174 e. The molecule has 0 saturated heterocycles. The Morgan fingerprint density at radius 2 is 2.00 bits per heavy atom. The van der Waals surface area contributed by atoms with Crippen LogP contribution in [-0.2, 0) is 0 Å². The Labute approximate surface area is 129 Å². The number of nitriles is 1. The highest BCUT2D eigenvalue weighted by Crippen LogP contribution is 2.24. The fourth-order valence-electron chi connectivity index (χ4n) is 2.02. The maximum absolute atomic E-state index is 8.54. The normalized spacial score (nSPS) is 11.5. The van der Waals surface area contributed by atoms with Crippen LogP contribution in [0, 0.1) is 11.3 Å². The zero-order valence-corrected chi connectivity index (χ0v) is 13.0. The molecule has 1 unspecified atom stereocenters. The molecule has 0 radical (unpaired) electrons. The number of anilines is 1. The second kappa shape index (κ2) is 7.61. The molecule has 21 heavy (non-hydrogen) atoms. The van der Waals surface area contributed by atoms with E-state index < -0.39 is 0 Å². The number of rotatable bonds is 6. The van der Waals surface area contributed by atoms with Crippen molar-refractivity contribution in [2.24, 2.45) is 0 Å². The highest BCUT2D eigenvalue weighted by atomic mass is 32.2. The number of nitrogens with zero attached hydrogens (tertiary/aromatic N) is 1. The number of benzene rings is 2. The molecule has 0 heterocycles. The highest BCUT2D eigenvalue weighted by Gasteiger charge is 2.06. The van der Waals surface area contributed by atoms with Gasteiger partial charge in [0.05, 0.1) is 0 Å². The summed E-state index contributed by atoms with van der Waals surface area (Å²) in [5.74, 6) is 0.700. The summed E-state index contributed by atoms with van der Waals surface area (Å²) in [5.41, 5.74) is 2.21. The Bertz CT molecular complexity index is 619. The number of nitrogens with one attached hydrogen (secondary N) is 1.